The molecule has 0 saturated carbocycles. The monoisotopic (exact) mass is 399 g/mol. The molecule has 0 bridgehead atoms. The summed E-state index contributed by atoms with van der Waals surface area (Å²) in [5, 5.41) is 13.0. The Morgan fingerprint density at radius 3 is 2.52 bits per heavy atom. The van der Waals surface area contributed by atoms with Crippen molar-refractivity contribution in [1.29, 1.82) is 0 Å². The second-order valence-electron chi connectivity index (χ2n) is 8.13. The molecule has 29 heavy (non-hydrogen) atoms. The second-order valence-corrected chi connectivity index (χ2v) is 8.13. The third-order valence-corrected chi connectivity index (χ3v) is 6.20. The van der Waals surface area contributed by atoms with Gasteiger partial charge in [0.2, 0.25) is 5.91 Å². The molecule has 3 atom stereocenters. The predicted octanol–water partition coefficient (Wildman–Crippen LogP) is 2.98. The van der Waals surface area contributed by atoms with Gasteiger partial charge in [0, 0.05) is 33.0 Å². The maximum atomic E-state index is 12.7. The lowest BCUT2D eigenvalue weighted by molar-refractivity contribution is -0.129. The van der Waals surface area contributed by atoms with Gasteiger partial charge in [-0.3, -0.25) is 4.79 Å². The molecule has 6 heteroatoms. The van der Waals surface area contributed by atoms with Crippen molar-refractivity contribution in [1.82, 2.24) is 15.1 Å². The summed E-state index contributed by atoms with van der Waals surface area (Å²) >= 11 is 0. The normalized spacial score (nSPS) is 23.4. The van der Waals surface area contributed by atoms with E-state index in [1.807, 2.05) is 6.92 Å². The molecule has 1 aliphatic heterocycles. The smallest absolute Gasteiger partial charge is 0.318 e. The average molecular weight is 400 g/mol. The van der Waals surface area contributed by atoms with Gasteiger partial charge in [0.05, 0.1) is 18.7 Å². The molecule has 3 amide bonds. The van der Waals surface area contributed by atoms with Crippen molar-refractivity contribution in [3.8, 4) is 0 Å². The first-order chi connectivity index (χ1) is 14.0. The fraction of sp³-hybridized carbons (Fsp3) is 0.565. The second kappa shape index (κ2) is 9.44. The zero-order chi connectivity index (χ0) is 21.0. The van der Waals surface area contributed by atoms with E-state index in [1.54, 1.807) is 16.8 Å². The Morgan fingerprint density at radius 2 is 1.97 bits per heavy atom. The molecule has 3 rings (SSSR count). The van der Waals surface area contributed by atoms with Crippen LogP contribution < -0.4 is 5.32 Å². The average Bonchev–Trinajstić information content (AvgIpc) is 3.24. The van der Waals surface area contributed by atoms with Crippen molar-refractivity contribution in [2.45, 2.75) is 57.5 Å². The highest BCUT2D eigenvalue weighted by molar-refractivity contribution is 5.77. The highest BCUT2D eigenvalue weighted by atomic mass is 16.3. The summed E-state index contributed by atoms with van der Waals surface area (Å²) in [6.45, 7) is 4.48. The number of benzene rings is 1. The fourth-order valence-corrected chi connectivity index (χ4v) is 4.48. The van der Waals surface area contributed by atoms with Gasteiger partial charge in [-0.2, -0.15) is 0 Å². The number of aliphatic hydroxyl groups is 1. The minimum absolute atomic E-state index is 0.000726. The minimum atomic E-state index is -0.284. The number of likely N-dealkylation sites (tertiary alicyclic amines) is 1. The number of urea groups is 1. The third-order valence-electron chi connectivity index (χ3n) is 6.20. The maximum Gasteiger partial charge on any atom is 0.318 e. The number of nitrogens with zero attached hydrogens (tertiary/aromatic N) is 2. The van der Waals surface area contributed by atoms with E-state index in [0.29, 0.717) is 13.1 Å². The summed E-state index contributed by atoms with van der Waals surface area (Å²) < 4.78 is 0. The molecule has 158 valence electrons. The number of allylic oxidation sites excluding steroid dienone is 2. The summed E-state index contributed by atoms with van der Waals surface area (Å²) in [4.78, 5) is 27.9. The molecule has 0 aromatic heterocycles. The van der Waals surface area contributed by atoms with Gasteiger partial charge in [-0.15, -0.1) is 0 Å². The topological polar surface area (TPSA) is 72.9 Å². The molecule has 0 radical (unpaired) electrons. The van der Waals surface area contributed by atoms with Gasteiger partial charge >= 0.3 is 6.03 Å². The number of hydrogen-bond acceptors (Lipinski definition) is 3. The molecule has 1 saturated heterocycles. The Hall–Kier alpha value is -2.34. The molecule has 1 heterocycles. The first-order valence-corrected chi connectivity index (χ1v) is 10.7. The summed E-state index contributed by atoms with van der Waals surface area (Å²) in [7, 11) is 1.75. The molecular weight excluding hydrogens is 366 g/mol. The van der Waals surface area contributed by atoms with Gasteiger partial charge in [0.25, 0.3) is 0 Å². The van der Waals surface area contributed by atoms with Crippen molar-refractivity contribution in [2.24, 2.45) is 0 Å². The molecule has 1 aromatic rings. The largest absolute Gasteiger partial charge is 0.394 e. The Labute approximate surface area is 173 Å². The quantitative estimate of drug-likeness (QED) is 0.740. The SMILES string of the molecule is CCCNC(=O)N1[C@H](CN(C)C(C)=O)[C@@H](c2ccc(C3=CCCC3)cc2)[C@@H]1CO. The van der Waals surface area contributed by atoms with Crippen LogP contribution in [-0.4, -0.2) is 65.7 Å². The molecule has 6 nitrogen and oxygen atoms in total. The van der Waals surface area contributed by atoms with Crippen LogP contribution in [0.3, 0.4) is 0 Å². The fourth-order valence-electron chi connectivity index (χ4n) is 4.48. The van der Waals surface area contributed by atoms with Gasteiger partial charge in [-0.25, -0.2) is 4.79 Å². The van der Waals surface area contributed by atoms with Crippen LogP contribution in [0.2, 0.25) is 0 Å². The molecule has 1 aliphatic carbocycles. The first kappa shape index (κ1) is 21.4. The van der Waals surface area contributed by atoms with Crippen LogP contribution in [0.5, 0.6) is 0 Å². The predicted molar refractivity (Wildman–Crippen MR) is 115 cm³/mol. The number of carbonyl (C=O) groups is 2. The van der Waals surface area contributed by atoms with Crippen LogP contribution in [0.1, 0.15) is 56.6 Å². The first-order valence-electron chi connectivity index (χ1n) is 10.7. The van der Waals surface area contributed by atoms with E-state index in [4.69, 9.17) is 0 Å². The van der Waals surface area contributed by atoms with Crippen molar-refractivity contribution in [2.75, 3.05) is 26.7 Å². The molecular formula is C23H33N3O3. The Bertz CT molecular complexity index is 759. The van der Waals surface area contributed by atoms with Crippen molar-refractivity contribution >= 4 is 17.5 Å². The number of nitrogens with one attached hydrogen (secondary N) is 1. The van der Waals surface area contributed by atoms with Crippen molar-refractivity contribution in [3.63, 3.8) is 0 Å². The van der Waals surface area contributed by atoms with Gasteiger partial charge in [-0.1, -0.05) is 37.3 Å². The van der Waals surface area contributed by atoms with Crippen LogP contribution in [0.25, 0.3) is 5.57 Å². The highest BCUT2D eigenvalue weighted by Gasteiger charge is 2.51. The zero-order valence-corrected chi connectivity index (χ0v) is 17.7. The number of aliphatic hydroxyl groups excluding tert-OH is 1. The van der Waals surface area contributed by atoms with Gasteiger partial charge < -0.3 is 20.2 Å². The van der Waals surface area contributed by atoms with Crippen LogP contribution in [0, 0.1) is 0 Å². The lowest BCUT2D eigenvalue weighted by atomic mass is 9.75. The number of likely N-dealkylation sites (N-methyl/N-ethyl adjacent to an activating group) is 1. The standard InChI is InChI=1S/C23H33N3O3/c1-4-13-24-23(29)26-20(14-25(3)16(2)28)22(21(26)15-27)19-11-9-18(10-12-19)17-7-5-6-8-17/h7,9-12,20-22,27H,4-6,8,13-15H2,1-3H3,(H,24,29)/t20-,21+,22-/m1/s1. The van der Waals surface area contributed by atoms with Crippen LogP contribution in [0.4, 0.5) is 4.79 Å². The number of amides is 3. The zero-order valence-electron chi connectivity index (χ0n) is 17.7. The van der Waals surface area contributed by atoms with E-state index in [9.17, 15) is 14.7 Å². The number of hydrogen-bond donors (Lipinski definition) is 2. The molecule has 2 aliphatic rings. The molecule has 2 N–H and O–H groups in total. The molecule has 0 unspecified atom stereocenters. The summed E-state index contributed by atoms with van der Waals surface area (Å²) in [6.07, 6.45) is 6.64. The Kier molecular flexibility index (Phi) is 6.96. The molecule has 1 aromatic carbocycles. The highest BCUT2D eigenvalue weighted by Crippen LogP contribution is 2.41. The summed E-state index contributed by atoms with van der Waals surface area (Å²) in [5.41, 5.74) is 3.76. The van der Waals surface area contributed by atoms with E-state index in [2.05, 4.69) is 35.7 Å². The van der Waals surface area contributed by atoms with Crippen molar-refractivity contribution < 1.29 is 14.7 Å². The third kappa shape index (κ3) is 4.47. The minimum Gasteiger partial charge on any atom is -0.394 e. The maximum absolute atomic E-state index is 12.7. The summed E-state index contributed by atoms with van der Waals surface area (Å²) in [5.74, 6) is -0.0329. The molecule has 1 fully saturated rings. The van der Waals surface area contributed by atoms with Crippen LogP contribution in [0.15, 0.2) is 30.3 Å². The van der Waals surface area contributed by atoms with E-state index in [-0.39, 0.29) is 36.5 Å². The van der Waals surface area contributed by atoms with Crippen LogP contribution >= 0.6 is 0 Å². The van der Waals surface area contributed by atoms with Gasteiger partial charge in [0.1, 0.15) is 0 Å². The number of carbonyl (C=O) groups excluding carboxylic acids is 2. The van der Waals surface area contributed by atoms with Crippen LogP contribution in [-0.2, 0) is 4.79 Å². The van der Waals surface area contributed by atoms with E-state index in [1.165, 1.54) is 24.5 Å². The number of rotatable bonds is 7. The molecule has 0 spiro atoms. The van der Waals surface area contributed by atoms with Gasteiger partial charge in [-0.05, 0) is 42.4 Å². The van der Waals surface area contributed by atoms with Gasteiger partial charge in [0.15, 0.2) is 0 Å². The Balaban J connectivity index is 1.83. The van der Waals surface area contributed by atoms with E-state index in [0.717, 1.165) is 24.8 Å². The summed E-state index contributed by atoms with van der Waals surface area (Å²) in [6, 6.07) is 7.91. The van der Waals surface area contributed by atoms with E-state index >= 15 is 0 Å². The Morgan fingerprint density at radius 1 is 1.24 bits per heavy atom. The van der Waals surface area contributed by atoms with E-state index < -0.39 is 0 Å². The van der Waals surface area contributed by atoms with Crippen molar-refractivity contribution in [3.05, 3.63) is 41.5 Å². The lowest BCUT2D eigenvalue weighted by Crippen LogP contribution is -2.70. The lowest BCUT2D eigenvalue weighted by Gasteiger charge is -2.55.